The van der Waals surface area contributed by atoms with Crippen LogP contribution >= 0.6 is 0 Å². The van der Waals surface area contributed by atoms with E-state index in [9.17, 15) is 4.79 Å². The van der Waals surface area contributed by atoms with Crippen molar-refractivity contribution in [3.05, 3.63) is 0 Å². The van der Waals surface area contributed by atoms with Crippen LogP contribution in [0.15, 0.2) is 5.16 Å². The molecule has 1 atom stereocenters. The van der Waals surface area contributed by atoms with Crippen molar-refractivity contribution in [3.8, 4) is 0 Å². The summed E-state index contributed by atoms with van der Waals surface area (Å²) in [6, 6.07) is -0.107. The number of nitrogens with zero attached hydrogens (tertiary/aromatic N) is 3. The predicted molar refractivity (Wildman–Crippen MR) is 79.2 cm³/mol. The second-order valence-corrected chi connectivity index (χ2v) is 6.04. The van der Waals surface area contributed by atoms with Gasteiger partial charge < -0.3 is 20.6 Å². The van der Waals surface area contributed by atoms with Gasteiger partial charge in [0, 0.05) is 33.3 Å². The van der Waals surface area contributed by atoms with E-state index in [-0.39, 0.29) is 23.4 Å². The van der Waals surface area contributed by atoms with E-state index in [1.54, 1.807) is 7.11 Å². The van der Waals surface area contributed by atoms with E-state index in [2.05, 4.69) is 10.1 Å². The van der Waals surface area contributed by atoms with Gasteiger partial charge in [-0.1, -0.05) is 5.16 Å². The Morgan fingerprint density at radius 3 is 2.43 bits per heavy atom. The molecule has 1 heterocycles. The Balaban J connectivity index is 1.82. The Morgan fingerprint density at radius 1 is 1.38 bits per heavy atom. The molecular weight excluding hydrogens is 272 g/mol. The third-order valence-electron chi connectivity index (χ3n) is 4.93. The van der Waals surface area contributed by atoms with Crippen molar-refractivity contribution < 1.29 is 14.7 Å². The van der Waals surface area contributed by atoms with Gasteiger partial charge in [0.2, 0.25) is 5.91 Å². The van der Waals surface area contributed by atoms with Crippen molar-refractivity contribution in [1.82, 2.24) is 9.80 Å². The molecule has 0 aromatic heterocycles. The first-order chi connectivity index (χ1) is 10.0. The Bertz CT molecular complexity index is 396. The number of oxime groups is 1. The molecule has 1 aliphatic carbocycles. The summed E-state index contributed by atoms with van der Waals surface area (Å²) >= 11 is 0. The summed E-state index contributed by atoms with van der Waals surface area (Å²) in [5.41, 5.74) is 5.42. The lowest BCUT2D eigenvalue weighted by Gasteiger charge is -2.43. The first-order valence-electron chi connectivity index (χ1n) is 7.56. The molecule has 2 aliphatic rings. The van der Waals surface area contributed by atoms with E-state index in [0.29, 0.717) is 19.5 Å². The van der Waals surface area contributed by atoms with E-state index >= 15 is 0 Å². The average Bonchev–Trinajstić information content (AvgIpc) is 2.49. The minimum Gasteiger partial charge on any atom is -0.409 e. The van der Waals surface area contributed by atoms with Crippen LogP contribution in [-0.4, -0.2) is 71.7 Å². The third-order valence-corrected chi connectivity index (χ3v) is 4.93. The standard InChI is InChI=1S/C14H26N4O3/c1-11(13(15)16-20)17-6-8-18(9-7-17)12(19)10-14(21-2)4-3-5-14/h11,20H,3-10H2,1-2H3,(H2,15,16). The summed E-state index contributed by atoms with van der Waals surface area (Å²) < 4.78 is 5.52. The van der Waals surface area contributed by atoms with Crippen LogP contribution in [0.5, 0.6) is 0 Å². The van der Waals surface area contributed by atoms with Crippen molar-refractivity contribution >= 4 is 11.7 Å². The van der Waals surface area contributed by atoms with Gasteiger partial charge in [-0.05, 0) is 26.2 Å². The van der Waals surface area contributed by atoms with Crippen molar-refractivity contribution in [2.24, 2.45) is 10.9 Å². The summed E-state index contributed by atoms with van der Waals surface area (Å²) in [6.45, 7) is 4.75. The van der Waals surface area contributed by atoms with Crippen LogP contribution in [0, 0.1) is 0 Å². The molecule has 0 spiro atoms. The van der Waals surface area contributed by atoms with Crippen molar-refractivity contribution in [2.45, 2.75) is 44.2 Å². The highest BCUT2D eigenvalue weighted by Gasteiger charge is 2.40. The number of amides is 1. The fourth-order valence-electron chi connectivity index (χ4n) is 3.04. The van der Waals surface area contributed by atoms with E-state index in [1.165, 1.54) is 0 Å². The summed E-state index contributed by atoms with van der Waals surface area (Å²) in [5, 5.41) is 11.8. The van der Waals surface area contributed by atoms with Crippen molar-refractivity contribution in [2.75, 3.05) is 33.3 Å². The molecule has 1 saturated carbocycles. The first kappa shape index (κ1) is 16.0. The number of rotatable bonds is 5. The number of carbonyl (C=O) groups is 1. The van der Waals surface area contributed by atoms with Gasteiger partial charge >= 0.3 is 0 Å². The van der Waals surface area contributed by atoms with Gasteiger partial charge in [-0.15, -0.1) is 0 Å². The zero-order valence-electron chi connectivity index (χ0n) is 12.9. The molecular formula is C14H26N4O3. The highest BCUT2D eigenvalue weighted by Crippen LogP contribution is 2.38. The normalized spacial score (nSPS) is 24.5. The maximum absolute atomic E-state index is 12.4. The molecule has 7 heteroatoms. The topological polar surface area (TPSA) is 91.4 Å². The Morgan fingerprint density at radius 2 is 2.00 bits per heavy atom. The molecule has 0 aromatic carbocycles. The fourth-order valence-corrected chi connectivity index (χ4v) is 3.04. The Hall–Kier alpha value is -1.34. The lowest BCUT2D eigenvalue weighted by molar-refractivity contribution is -0.145. The molecule has 0 aromatic rings. The molecule has 7 nitrogen and oxygen atoms in total. The lowest BCUT2D eigenvalue weighted by Crippen LogP contribution is -2.55. The second-order valence-electron chi connectivity index (χ2n) is 6.04. The third kappa shape index (κ3) is 3.47. The zero-order valence-corrected chi connectivity index (χ0v) is 12.9. The van der Waals surface area contributed by atoms with Crippen LogP contribution in [0.4, 0.5) is 0 Å². The zero-order chi connectivity index (χ0) is 15.5. The van der Waals surface area contributed by atoms with Crippen LogP contribution < -0.4 is 5.73 Å². The van der Waals surface area contributed by atoms with E-state index < -0.39 is 0 Å². The van der Waals surface area contributed by atoms with Gasteiger partial charge in [0.25, 0.3) is 0 Å². The molecule has 21 heavy (non-hydrogen) atoms. The first-order valence-corrected chi connectivity index (χ1v) is 7.56. The van der Waals surface area contributed by atoms with Gasteiger partial charge in [-0.25, -0.2) is 0 Å². The molecule has 1 amide bonds. The maximum Gasteiger partial charge on any atom is 0.225 e. The van der Waals surface area contributed by atoms with E-state index in [1.807, 2.05) is 11.8 Å². The number of hydrogen-bond acceptors (Lipinski definition) is 5. The number of piperazine rings is 1. The maximum atomic E-state index is 12.4. The molecule has 0 bridgehead atoms. The minimum atomic E-state index is -0.213. The molecule has 0 radical (unpaired) electrons. The molecule has 1 saturated heterocycles. The number of amidine groups is 1. The Kier molecular flexibility index (Phi) is 5.05. The molecule has 1 aliphatic heterocycles. The fraction of sp³-hybridized carbons (Fsp3) is 0.857. The van der Waals surface area contributed by atoms with Crippen molar-refractivity contribution in [3.63, 3.8) is 0 Å². The summed E-state index contributed by atoms with van der Waals surface area (Å²) in [6.07, 6.45) is 3.59. The number of carbonyl (C=O) groups excluding carboxylic acids is 1. The second kappa shape index (κ2) is 6.62. The molecule has 2 fully saturated rings. The largest absolute Gasteiger partial charge is 0.409 e. The van der Waals surface area contributed by atoms with Crippen LogP contribution in [0.3, 0.4) is 0 Å². The molecule has 120 valence electrons. The van der Waals surface area contributed by atoms with Gasteiger partial charge in [-0.2, -0.15) is 0 Å². The summed E-state index contributed by atoms with van der Waals surface area (Å²) in [7, 11) is 1.70. The summed E-state index contributed by atoms with van der Waals surface area (Å²) in [4.78, 5) is 16.4. The lowest BCUT2D eigenvalue weighted by atomic mass is 9.77. The van der Waals surface area contributed by atoms with Crippen LogP contribution in [0.1, 0.15) is 32.6 Å². The Labute approximate surface area is 125 Å². The monoisotopic (exact) mass is 298 g/mol. The molecule has 1 unspecified atom stereocenters. The molecule has 3 N–H and O–H groups in total. The highest BCUT2D eigenvalue weighted by atomic mass is 16.5. The van der Waals surface area contributed by atoms with Gasteiger partial charge in [0.15, 0.2) is 5.84 Å². The highest BCUT2D eigenvalue weighted by molar-refractivity contribution is 5.84. The van der Waals surface area contributed by atoms with Gasteiger partial charge in [-0.3, -0.25) is 9.69 Å². The average molecular weight is 298 g/mol. The SMILES string of the molecule is COC1(CC(=O)N2CCN(C(C)C(N)=NO)CC2)CCC1. The number of methoxy groups -OCH3 is 1. The number of hydrogen-bond donors (Lipinski definition) is 2. The predicted octanol–water partition coefficient (Wildman–Crippen LogP) is 0.225. The van der Waals surface area contributed by atoms with E-state index in [4.69, 9.17) is 15.7 Å². The quantitative estimate of drug-likeness (QED) is 0.328. The van der Waals surface area contributed by atoms with Gasteiger partial charge in [0.1, 0.15) is 0 Å². The smallest absolute Gasteiger partial charge is 0.225 e. The van der Waals surface area contributed by atoms with Crippen LogP contribution in [0.2, 0.25) is 0 Å². The minimum absolute atomic E-state index is 0.107. The number of ether oxygens (including phenoxy) is 1. The van der Waals surface area contributed by atoms with Crippen molar-refractivity contribution in [1.29, 1.82) is 0 Å². The molecule has 2 rings (SSSR count). The summed E-state index contributed by atoms with van der Waals surface area (Å²) in [5.74, 6) is 0.384. The van der Waals surface area contributed by atoms with Crippen LogP contribution in [0.25, 0.3) is 0 Å². The van der Waals surface area contributed by atoms with Crippen LogP contribution in [-0.2, 0) is 9.53 Å². The number of nitrogens with two attached hydrogens (primary N) is 1. The van der Waals surface area contributed by atoms with E-state index in [0.717, 1.165) is 32.4 Å². The van der Waals surface area contributed by atoms with Gasteiger partial charge in [0.05, 0.1) is 18.1 Å².